The van der Waals surface area contributed by atoms with Gasteiger partial charge in [0.2, 0.25) is 15.9 Å². The molecule has 1 heterocycles. The first-order chi connectivity index (χ1) is 8.70. The van der Waals surface area contributed by atoms with Gasteiger partial charge in [0, 0.05) is 18.7 Å². The summed E-state index contributed by atoms with van der Waals surface area (Å²) >= 11 is 11.3. The second-order valence-electron chi connectivity index (χ2n) is 4.14. The topological polar surface area (TPSA) is 80.5 Å². The Morgan fingerprint density at radius 1 is 1.32 bits per heavy atom. The first-order valence-electron chi connectivity index (χ1n) is 5.16. The minimum absolute atomic E-state index is 0.101. The zero-order valence-electron chi connectivity index (χ0n) is 9.44. The number of benzene rings is 1. The van der Waals surface area contributed by atoms with E-state index in [1.54, 1.807) is 0 Å². The van der Waals surface area contributed by atoms with E-state index in [2.05, 4.69) is 0 Å². The van der Waals surface area contributed by atoms with Gasteiger partial charge in [-0.05, 0) is 12.1 Å². The Hall–Kier alpha value is -0.890. The van der Waals surface area contributed by atoms with E-state index in [-0.39, 0.29) is 28.7 Å². The summed E-state index contributed by atoms with van der Waals surface area (Å²) in [5, 5.41) is 3.54. The quantitative estimate of drug-likeness (QED) is 0.837. The van der Waals surface area contributed by atoms with Crippen molar-refractivity contribution in [3.63, 3.8) is 0 Å². The normalized spacial score (nSPS) is 20.1. The fourth-order valence-corrected chi connectivity index (χ4v) is 3.05. The van der Waals surface area contributed by atoms with Crippen LogP contribution in [-0.2, 0) is 14.8 Å². The van der Waals surface area contributed by atoms with Crippen LogP contribution in [0.3, 0.4) is 0 Å². The Bertz CT molecular complexity index is 627. The highest BCUT2D eigenvalue weighted by Crippen LogP contribution is 2.32. The zero-order valence-corrected chi connectivity index (χ0v) is 11.8. The van der Waals surface area contributed by atoms with E-state index in [1.807, 2.05) is 0 Å². The zero-order chi connectivity index (χ0) is 14.4. The van der Waals surface area contributed by atoms with E-state index in [0.29, 0.717) is 0 Å². The summed E-state index contributed by atoms with van der Waals surface area (Å²) in [7, 11) is -3.81. The number of carbonyl (C=O) groups excluding carboxylic acids is 1. The molecule has 1 aliphatic heterocycles. The lowest BCUT2D eigenvalue weighted by Crippen LogP contribution is -2.32. The van der Waals surface area contributed by atoms with Gasteiger partial charge in [-0.3, -0.25) is 4.79 Å². The highest BCUT2D eigenvalue weighted by molar-refractivity contribution is 7.89. The first-order valence-corrected chi connectivity index (χ1v) is 7.53. The number of rotatable bonds is 2. The third kappa shape index (κ3) is 2.84. The Balaban J connectivity index is 2.36. The molecule has 1 aromatic carbocycles. The number of hydrogen-bond acceptors (Lipinski definition) is 3. The lowest BCUT2D eigenvalue weighted by atomic mass is 10.3. The van der Waals surface area contributed by atoms with E-state index >= 15 is 0 Å². The SMILES string of the molecule is NS(=O)(=O)C1CC(=O)N(c2cc(Cl)c(F)c(Cl)c2)C1. The fraction of sp³-hybridized carbons (Fsp3) is 0.300. The van der Waals surface area contributed by atoms with Crippen LogP contribution in [0.5, 0.6) is 0 Å². The van der Waals surface area contributed by atoms with Gasteiger partial charge in [-0.25, -0.2) is 17.9 Å². The second kappa shape index (κ2) is 4.90. The van der Waals surface area contributed by atoms with Crippen molar-refractivity contribution >= 4 is 44.8 Å². The number of nitrogens with two attached hydrogens (primary N) is 1. The maximum atomic E-state index is 13.3. The van der Waals surface area contributed by atoms with Gasteiger partial charge >= 0.3 is 0 Å². The third-order valence-corrected chi connectivity index (χ3v) is 4.63. The first kappa shape index (κ1) is 14.5. The maximum Gasteiger partial charge on any atom is 0.228 e. The molecule has 0 bridgehead atoms. The molecule has 2 rings (SSSR count). The molecular formula is C10H9Cl2FN2O3S. The maximum absolute atomic E-state index is 13.3. The smallest absolute Gasteiger partial charge is 0.228 e. The van der Waals surface area contributed by atoms with Crippen LogP contribution in [0.15, 0.2) is 12.1 Å². The van der Waals surface area contributed by atoms with E-state index in [9.17, 15) is 17.6 Å². The lowest BCUT2D eigenvalue weighted by molar-refractivity contribution is -0.117. The van der Waals surface area contributed by atoms with E-state index in [0.717, 1.165) is 0 Å². The van der Waals surface area contributed by atoms with E-state index in [1.165, 1.54) is 17.0 Å². The average Bonchev–Trinajstić information content (AvgIpc) is 2.67. The Labute approximate surface area is 119 Å². The summed E-state index contributed by atoms with van der Waals surface area (Å²) < 4.78 is 35.7. The summed E-state index contributed by atoms with van der Waals surface area (Å²) in [6.07, 6.45) is -0.217. The van der Waals surface area contributed by atoms with Crippen LogP contribution in [0, 0.1) is 5.82 Å². The second-order valence-corrected chi connectivity index (χ2v) is 6.80. The number of primary sulfonamides is 1. The van der Waals surface area contributed by atoms with Gasteiger partial charge in [-0.15, -0.1) is 0 Å². The van der Waals surface area contributed by atoms with Crippen LogP contribution in [0.25, 0.3) is 0 Å². The highest BCUT2D eigenvalue weighted by atomic mass is 35.5. The van der Waals surface area contributed by atoms with Gasteiger partial charge < -0.3 is 4.90 Å². The van der Waals surface area contributed by atoms with Crippen molar-refractivity contribution in [2.75, 3.05) is 11.4 Å². The van der Waals surface area contributed by atoms with Crippen LogP contribution in [0.4, 0.5) is 10.1 Å². The van der Waals surface area contributed by atoms with Crippen LogP contribution in [0.1, 0.15) is 6.42 Å². The van der Waals surface area contributed by atoms with Gasteiger partial charge in [-0.1, -0.05) is 23.2 Å². The molecule has 0 aromatic heterocycles. The molecule has 1 aliphatic rings. The molecule has 1 amide bonds. The Morgan fingerprint density at radius 3 is 2.26 bits per heavy atom. The molecule has 0 aliphatic carbocycles. The number of nitrogens with zero attached hydrogens (tertiary/aromatic N) is 1. The average molecular weight is 327 g/mol. The third-order valence-electron chi connectivity index (χ3n) is 2.83. The number of carbonyl (C=O) groups is 1. The summed E-state index contributed by atoms with van der Waals surface area (Å²) in [6, 6.07) is 2.43. The van der Waals surface area contributed by atoms with Crippen LogP contribution < -0.4 is 10.0 Å². The number of amides is 1. The summed E-state index contributed by atoms with van der Waals surface area (Å²) in [6.45, 7) is -0.101. The van der Waals surface area contributed by atoms with Crippen LogP contribution in [0.2, 0.25) is 10.0 Å². The summed E-state index contributed by atoms with van der Waals surface area (Å²) in [5.41, 5.74) is 0.243. The molecule has 5 nitrogen and oxygen atoms in total. The van der Waals surface area contributed by atoms with Gasteiger partial charge in [0.15, 0.2) is 5.82 Å². The summed E-state index contributed by atoms with van der Waals surface area (Å²) in [4.78, 5) is 12.9. The monoisotopic (exact) mass is 326 g/mol. The predicted octanol–water partition coefficient (Wildman–Crippen LogP) is 1.53. The predicted molar refractivity (Wildman–Crippen MR) is 70.3 cm³/mol. The Morgan fingerprint density at radius 2 is 1.84 bits per heavy atom. The molecule has 2 N–H and O–H groups in total. The van der Waals surface area contributed by atoms with Crippen LogP contribution in [-0.4, -0.2) is 26.1 Å². The molecule has 19 heavy (non-hydrogen) atoms. The van der Waals surface area contributed by atoms with Crippen LogP contribution >= 0.6 is 23.2 Å². The van der Waals surface area contributed by atoms with Gasteiger partial charge in [0.1, 0.15) is 5.25 Å². The van der Waals surface area contributed by atoms with Crippen molar-refractivity contribution < 1.29 is 17.6 Å². The number of halogens is 3. The van der Waals surface area contributed by atoms with Crippen molar-refractivity contribution in [2.24, 2.45) is 5.14 Å². The van der Waals surface area contributed by atoms with Gasteiger partial charge in [0.25, 0.3) is 0 Å². The lowest BCUT2D eigenvalue weighted by Gasteiger charge is -2.17. The van der Waals surface area contributed by atoms with Crippen molar-refractivity contribution in [3.8, 4) is 0 Å². The molecule has 1 unspecified atom stereocenters. The molecule has 0 saturated carbocycles. The summed E-state index contributed by atoms with van der Waals surface area (Å²) in [5.74, 6) is -1.22. The molecule has 104 valence electrons. The number of anilines is 1. The van der Waals surface area contributed by atoms with Crippen molar-refractivity contribution in [1.82, 2.24) is 0 Å². The number of sulfonamides is 1. The largest absolute Gasteiger partial charge is 0.311 e. The minimum Gasteiger partial charge on any atom is -0.311 e. The molecule has 1 fully saturated rings. The molecule has 0 spiro atoms. The van der Waals surface area contributed by atoms with E-state index in [4.69, 9.17) is 28.3 Å². The fourth-order valence-electron chi connectivity index (χ4n) is 1.84. The minimum atomic E-state index is -3.81. The standard InChI is InChI=1S/C10H9Cl2FN2O3S/c11-7-1-5(2-8(12)10(7)13)15-4-6(3-9(15)16)19(14,17)18/h1-2,6H,3-4H2,(H2,14,17,18). The van der Waals surface area contributed by atoms with E-state index < -0.39 is 27.0 Å². The molecule has 1 atom stereocenters. The molecule has 0 radical (unpaired) electrons. The molecule has 9 heteroatoms. The van der Waals surface area contributed by atoms with Gasteiger partial charge in [-0.2, -0.15) is 0 Å². The van der Waals surface area contributed by atoms with Crippen molar-refractivity contribution in [3.05, 3.63) is 28.0 Å². The number of hydrogen-bond donors (Lipinski definition) is 1. The van der Waals surface area contributed by atoms with Crippen molar-refractivity contribution in [1.29, 1.82) is 0 Å². The molecular weight excluding hydrogens is 318 g/mol. The highest BCUT2D eigenvalue weighted by Gasteiger charge is 2.37. The molecule has 1 aromatic rings. The van der Waals surface area contributed by atoms with Crippen molar-refractivity contribution in [2.45, 2.75) is 11.7 Å². The Kier molecular flexibility index (Phi) is 3.74. The van der Waals surface area contributed by atoms with Gasteiger partial charge in [0.05, 0.1) is 10.0 Å². The molecule has 1 saturated heterocycles.